The summed E-state index contributed by atoms with van der Waals surface area (Å²) < 4.78 is 4.73. The lowest BCUT2D eigenvalue weighted by Gasteiger charge is -2.06. The van der Waals surface area contributed by atoms with E-state index in [1.807, 2.05) is 0 Å². The number of carbonyl (C=O) groups excluding carboxylic acids is 1. The van der Waals surface area contributed by atoms with Crippen LogP contribution in [0.2, 0.25) is 0 Å². The first-order valence-corrected chi connectivity index (χ1v) is 3.69. The van der Waals surface area contributed by atoms with Crippen molar-refractivity contribution in [2.45, 2.75) is 0 Å². The Morgan fingerprint density at radius 3 is 2.57 bits per heavy atom. The van der Waals surface area contributed by atoms with E-state index in [1.165, 1.54) is 7.11 Å². The number of rotatable bonds is 3. The molecule has 0 aromatic heterocycles. The fraction of sp³-hybridized carbons (Fsp3) is 0.111. The first-order valence-electron chi connectivity index (χ1n) is 3.69. The normalized spacial score (nSPS) is 9.50. The zero-order valence-electron chi connectivity index (χ0n) is 7.35. The molecular formula is C9H8O5. The molecule has 0 bridgehead atoms. The maximum atomic E-state index is 10.7. The van der Waals surface area contributed by atoms with Gasteiger partial charge in [0.05, 0.1) is 12.7 Å². The second-order valence-electron chi connectivity index (χ2n) is 2.53. The summed E-state index contributed by atoms with van der Waals surface area (Å²) in [4.78, 5) is 21.1. The van der Waals surface area contributed by atoms with Crippen molar-refractivity contribution in [1.29, 1.82) is 0 Å². The average Bonchev–Trinajstić information content (AvgIpc) is 2.16. The Kier molecular flexibility index (Phi) is 2.71. The van der Waals surface area contributed by atoms with Gasteiger partial charge in [-0.2, -0.15) is 0 Å². The SMILES string of the molecule is COc1cc(O)c(C=O)cc1C(=O)O. The molecule has 14 heavy (non-hydrogen) atoms. The second kappa shape index (κ2) is 3.78. The lowest BCUT2D eigenvalue weighted by atomic mass is 10.1. The number of phenolic OH excluding ortho intramolecular Hbond substituents is 1. The third-order valence-electron chi connectivity index (χ3n) is 1.71. The van der Waals surface area contributed by atoms with Crippen LogP contribution in [0.25, 0.3) is 0 Å². The minimum atomic E-state index is -1.22. The average molecular weight is 196 g/mol. The van der Waals surface area contributed by atoms with Crippen LogP contribution in [0.1, 0.15) is 20.7 Å². The number of carboxylic acid groups (broad SMARTS) is 1. The Hall–Kier alpha value is -2.04. The number of methoxy groups -OCH3 is 1. The van der Waals surface area contributed by atoms with Crippen LogP contribution in [0, 0.1) is 0 Å². The highest BCUT2D eigenvalue weighted by molar-refractivity contribution is 5.94. The quantitative estimate of drug-likeness (QED) is 0.702. The highest BCUT2D eigenvalue weighted by atomic mass is 16.5. The van der Waals surface area contributed by atoms with E-state index in [0.29, 0.717) is 6.29 Å². The van der Waals surface area contributed by atoms with Crippen molar-refractivity contribution >= 4 is 12.3 Å². The van der Waals surface area contributed by atoms with Gasteiger partial charge in [0.15, 0.2) is 6.29 Å². The Labute approximate surface area is 79.6 Å². The van der Waals surface area contributed by atoms with Crippen molar-refractivity contribution in [1.82, 2.24) is 0 Å². The number of aromatic carboxylic acids is 1. The number of hydrogen-bond acceptors (Lipinski definition) is 4. The largest absolute Gasteiger partial charge is 0.507 e. The highest BCUT2D eigenvalue weighted by Crippen LogP contribution is 2.27. The lowest BCUT2D eigenvalue weighted by molar-refractivity contribution is 0.0693. The molecule has 2 N–H and O–H groups in total. The van der Waals surface area contributed by atoms with E-state index >= 15 is 0 Å². The predicted octanol–water partition coefficient (Wildman–Crippen LogP) is 0.911. The molecule has 0 atom stereocenters. The maximum Gasteiger partial charge on any atom is 0.339 e. The van der Waals surface area contributed by atoms with Gasteiger partial charge in [0.1, 0.15) is 17.1 Å². The van der Waals surface area contributed by atoms with Crippen molar-refractivity contribution in [3.63, 3.8) is 0 Å². The van der Waals surface area contributed by atoms with E-state index in [9.17, 15) is 14.7 Å². The summed E-state index contributed by atoms with van der Waals surface area (Å²) in [5.41, 5.74) is -0.240. The molecule has 1 rings (SSSR count). The van der Waals surface area contributed by atoms with Crippen molar-refractivity contribution in [2.75, 3.05) is 7.11 Å². The van der Waals surface area contributed by atoms with Gasteiger partial charge in [-0.1, -0.05) is 0 Å². The van der Waals surface area contributed by atoms with Crippen LogP contribution in [-0.2, 0) is 0 Å². The number of phenols is 1. The van der Waals surface area contributed by atoms with Crippen LogP contribution in [0.4, 0.5) is 0 Å². The molecule has 74 valence electrons. The van der Waals surface area contributed by atoms with Crippen molar-refractivity contribution in [3.8, 4) is 11.5 Å². The molecule has 0 saturated heterocycles. The zero-order chi connectivity index (χ0) is 10.7. The van der Waals surface area contributed by atoms with Crippen LogP contribution >= 0.6 is 0 Å². The minimum absolute atomic E-state index is 0.0144. The number of ether oxygens (including phenoxy) is 1. The van der Waals surface area contributed by atoms with Gasteiger partial charge in [-0.15, -0.1) is 0 Å². The Morgan fingerprint density at radius 1 is 1.50 bits per heavy atom. The number of aromatic hydroxyl groups is 1. The molecule has 5 nitrogen and oxygen atoms in total. The van der Waals surface area contributed by atoms with E-state index in [1.54, 1.807) is 0 Å². The van der Waals surface area contributed by atoms with Gasteiger partial charge in [0.25, 0.3) is 0 Å². The fourth-order valence-electron chi connectivity index (χ4n) is 1.02. The number of carbonyl (C=O) groups is 2. The molecule has 0 aliphatic heterocycles. The van der Waals surface area contributed by atoms with Crippen LogP contribution < -0.4 is 4.74 Å². The third-order valence-corrected chi connectivity index (χ3v) is 1.71. The van der Waals surface area contributed by atoms with Gasteiger partial charge < -0.3 is 14.9 Å². The van der Waals surface area contributed by atoms with Gasteiger partial charge in [-0.25, -0.2) is 4.79 Å². The lowest BCUT2D eigenvalue weighted by Crippen LogP contribution is -2.01. The van der Waals surface area contributed by atoms with Gasteiger partial charge in [-0.3, -0.25) is 4.79 Å². The Balaban J connectivity index is 3.39. The number of aldehydes is 1. The molecule has 0 radical (unpaired) electrons. The van der Waals surface area contributed by atoms with E-state index in [0.717, 1.165) is 12.1 Å². The van der Waals surface area contributed by atoms with Crippen molar-refractivity contribution < 1.29 is 24.5 Å². The van der Waals surface area contributed by atoms with E-state index in [-0.39, 0.29) is 22.6 Å². The molecule has 0 aliphatic rings. The molecule has 0 heterocycles. The monoisotopic (exact) mass is 196 g/mol. The molecule has 1 aromatic carbocycles. The molecule has 0 saturated carbocycles. The predicted molar refractivity (Wildman–Crippen MR) is 47.0 cm³/mol. The first kappa shape index (κ1) is 10.0. The summed E-state index contributed by atoms with van der Waals surface area (Å²) >= 11 is 0. The number of hydrogen-bond donors (Lipinski definition) is 2. The standard InChI is InChI=1S/C9H8O5/c1-14-8-3-7(11)5(4-10)2-6(8)9(12)13/h2-4,11H,1H3,(H,12,13). The number of carboxylic acids is 1. The third kappa shape index (κ3) is 1.66. The summed E-state index contributed by atoms with van der Waals surface area (Å²) in [7, 11) is 1.28. The molecule has 0 aliphatic carbocycles. The maximum absolute atomic E-state index is 10.7. The minimum Gasteiger partial charge on any atom is -0.507 e. The van der Waals surface area contributed by atoms with E-state index < -0.39 is 5.97 Å². The topological polar surface area (TPSA) is 83.8 Å². The van der Waals surface area contributed by atoms with Crippen LogP contribution in [0.3, 0.4) is 0 Å². The fourth-order valence-corrected chi connectivity index (χ4v) is 1.02. The second-order valence-corrected chi connectivity index (χ2v) is 2.53. The Morgan fingerprint density at radius 2 is 2.14 bits per heavy atom. The van der Waals surface area contributed by atoms with E-state index in [2.05, 4.69) is 0 Å². The molecule has 1 aromatic rings. The van der Waals surface area contributed by atoms with Gasteiger partial charge in [-0.05, 0) is 6.07 Å². The molecule has 0 unspecified atom stereocenters. The zero-order valence-corrected chi connectivity index (χ0v) is 7.35. The summed E-state index contributed by atoms with van der Waals surface area (Å²) in [6.45, 7) is 0. The highest BCUT2D eigenvalue weighted by Gasteiger charge is 2.14. The molecule has 0 amide bonds. The van der Waals surface area contributed by atoms with Crippen LogP contribution in [0.5, 0.6) is 11.5 Å². The van der Waals surface area contributed by atoms with Crippen molar-refractivity contribution in [2.24, 2.45) is 0 Å². The number of benzene rings is 1. The first-order chi connectivity index (χ1) is 6.60. The summed E-state index contributed by atoms with van der Waals surface area (Å²) in [6.07, 6.45) is 0.376. The van der Waals surface area contributed by atoms with Crippen LogP contribution in [-0.4, -0.2) is 29.6 Å². The molecule has 5 heteroatoms. The van der Waals surface area contributed by atoms with Gasteiger partial charge in [0, 0.05) is 6.07 Å². The van der Waals surface area contributed by atoms with E-state index in [4.69, 9.17) is 9.84 Å². The van der Waals surface area contributed by atoms with Crippen LogP contribution in [0.15, 0.2) is 12.1 Å². The van der Waals surface area contributed by atoms with Crippen molar-refractivity contribution in [3.05, 3.63) is 23.3 Å². The van der Waals surface area contributed by atoms with Gasteiger partial charge >= 0.3 is 5.97 Å². The Bertz CT molecular complexity index is 383. The van der Waals surface area contributed by atoms with Gasteiger partial charge in [0.2, 0.25) is 0 Å². The molecule has 0 spiro atoms. The smallest absolute Gasteiger partial charge is 0.339 e. The summed E-state index contributed by atoms with van der Waals surface area (Å²) in [6, 6.07) is 2.15. The molecule has 0 fully saturated rings. The molecular weight excluding hydrogens is 188 g/mol. The summed E-state index contributed by atoms with van der Waals surface area (Å²) in [5, 5.41) is 18.0. The summed E-state index contributed by atoms with van der Waals surface area (Å²) in [5.74, 6) is -1.51.